The first-order chi connectivity index (χ1) is 15.7. The minimum atomic E-state index is 0.754. The molecule has 1 aromatic heterocycles. The Kier molecular flexibility index (Phi) is 7.50. The third-order valence-electron chi connectivity index (χ3n) is 5.74. The van der Waals surface area contributed by atoms with Crippen molar-refractivity contribution in [2.24, 2.45) is 0 Å². The molecule has 4 aromatic rings. The number of aryl methyl sites for hydroxylation is 1. The van der Waals surface area contributed by atoms with Crippen LogP contribution in [0.2, 0.25) is 0 Å². The second-order valence-corrected chi connectivity index (χ2v) is 8.42. The van der Waals surface area contributed by atoms with Crippen LogP contribution in [0.15, 0.2) is 72.8 Å². The van der Waals surface area contributed by atoms with Crippen molar-refractivity contribution in [3.63, 3.8) is 0 Å². The Hall–Kier alpha value is -3.20. The SMILES string of the molecule is CCCCCCCCOc1cccc(-c2nc3ccccc3nc2-c2cccc(C)c2)c1. The molecule has 0 amide bonds. The molecule has 0 aliphatic rings. The maximum absolute atomic E-state index is 6.08. The van der Waals surface area contributed by atoms with E-state index in [-0.39, 0.29) is 0 Å². The van der Waals surface area contributed by atoms with Crippen molar-refractivity contribution in [3.8, 4) is 28.3 Å². The van der Waals surface area contributed by atoms with Crippen LogP contribution in [0.25, 0.3) is 33.5 Å². The average Bonchev–Trinajstić information content (AvgIpc) is 2.83. The number of hydrogen-bond donors (Lipinski definition) is 0. The smallest absolute Gasteiger partial charge is 0.119 e. The van der Waals surface area contributed by atoms with Crippen molar-refractivity contribution in [1.82, 2.24) is 9.97 Å². The molecule has 0 saturated heterocycles. The summed E-state index contributed by atoms with van der Waals surface area (Å²) < 4.78 is 6.08. The molecule has 32 heavy (non-hydrogen) atoms. The van der Waals surface area contributed by atoms with Crippen LogP contribution in [-0.4, -0.2) is 16.6 Å². The van der Waals surface area contributed by atoms with Crippen LogP contribution in [0.3, 0.4) is 0 Å². The normalized spacial score (nSPS) is 11.1. The van der Waals surface area contributed by atoms with Gasteiger partial charge in [-0.3, -0.25) is 0 Å². The standard InChI is InChI=1S/C29H32N2O/c1-3-4-5-6-7-10-19-32-25-16-12-15-24(21-25)29-28(23-14-11-13-22(2)20-23)30-26-17-8-9-18-27(26)31-29/h8-9,11-18,20-21H,3-7,10,19H2,1-2H3. The van der Waals surface area contributed by atoms with Gasteiger partial charge < -0.3 is 4.74 Å². The lowest BCUT2D eigenvalue weighted by Crippen LogP contribution is -1.99. The molecule has 3 aromatic carbocycles. The largest absolute Gasteiger partial charge is 0.494 e. The summed E-state index contributed by atoms with van der Waals surface area (Å²) in [6.45, 7) is 5.11. The van der Waals surface area contributed by atoms with Gasteiger partial charge in [0.25, 0.3) is 0 Å². The number of unbranched alkanes of at least 4 members (excludes halogenated alkanes) is 5. The van der Waals surface area contributed by atoms with E-state index in [1.807, 2.05) is 36.4 Å². The summed E-state index contributed by atoms with van der Waals surface area (Å²) in [5.74, 6) is 0.890. The van der Waals surface area contributed by atoms with E-state index in [1.165, 1.54) is 37.7 Å². The number of benzene rings is 3. The highest BCUT2D eigenvalue weighted by Crippen LogP contribution is 2.33. The zero-order chi connectivity index (χ0) is 22.2. The van der Waals surface area contributed by atoms with Crippen molar-refractivity contribution in [3.05, 3.63) is 78.4 Å². The molecule has 0 atom stereocenters. The lowest BCUT2D eigenvalue weighted by Gasteiger charge is -2.12. The molecule has 0 aliphatic carbocycles. The van der Waals surface area contributed by atoms with Crippen LogP contribution in [-0.2, 0) is 0 Å². The van der Waals surface area contributed by atoms with Crippen LogP contribution in [0, 0.1) is 6.92 Å². The third-order valence-corrected chi connectivity index (χ3v) is 5.74. The lowest BCUT2D eigenvalue weighted by molar-refractivity contribution is 0.304. The van der Waals surface area contributed by atoms with Crippen LogP contribution >= 0.6 is 0 Å². The van der Waals surface area contributed by atoms with E-state index < -0.39 is 0 Å². The van der Waals surface area contributed by atoms with Crippen LogP contribution in [0.1, 0.15) is 51.0 Å². The van der Waals surface area contributed by atoms with Gasteiger partial charge in [-0.15, -0.1) is 0 Å². The van der Waals surface area contributed by atoms with Crippen molar-refractivity contribution < 1.29 is 4.74 Å². The molecule has 4 rings (SSSR count). The molecule has 0 saturated carbocycles. The molecule has 3 heteroatoms. The minimum absolute atomic E-state index is 0.754. The highest BCUT2D eigenvalue weighted by atomic mass is 16.5. The quantitative estimate of drug-likeness (QED) is 0.242. The maximum atomic E-state index is 6.08. The number of aromatic nitrogens is 2. The molecule has 0 unspecified atom stereocenters. The summed E-state index contributed by atoms with van der Waals surface area (Å²) in [5, 5.41) is 0. The average molecular weight is 425 g/mol. The van der Waals surface area contributed by atoms with Crippen LogP contribution < -0.4 is 4.74 Å². The number of hydrogen-bond acceptors (Lipinski definition) is 3. The fourth-order valence-corrected chi connectivity index (χ4v) is 4.00. The number of para-hydroxylation sites is 2. The maximum Gasteiger partial charge on any atom is 0.119 e. The molecule has 0 fully saturated rings. The fourth-order valence-electron chi connectivity index (χ4n) is 4.00. The predicted molar refractivity (Wildman–Crippen MR) is 134 cm³/mol. The van der Waals surface area contributed by atoms with Crippen molar-refractivity contribution >= 4 is 11.0 Å². The highest BCUT2D eigenvalue weighted by molar-refractivity contribution is 5.86. The first kappa shape index (κ1) is 22.0. The molecule has 1 heterocycles. The zero-order valence-electron chi connectivity index (χ0n) is 19.2. The lowest BCUT2D eigenvalue weighted by atomic mass is 10.0. The zero-order valence-corrected chi connectivity index (χ0v) is 19.2. The van der Waals surface area contributed by atoms with Crippen molar-refractivity contribution in [2.45, 2.75) is 52.4 Å². The first-order valence-corrected chi connectivity index (χ1v) is 11.8. The molecule has 0 bridgehead atoms. The second-order valence-electron chi connectivity index (χ2n) is 8.42. The molecule has 0 radical (unpaired) electrons. The molecule has 164 valence electrons. The van der Waals surface area contributed by atoms with Crippen LogP contribution in [0.4, 0.5) is 0 Å². The summed E-state index contributed by atoms with van der Waals surface area (Å²) in [4.78, 5) is 10.0. The van der Waals surface area contributed by atoms with Crippen molar-refractivity contribution in [1.29, 1.82) is 0 Å². The van der Waals surface area contributed by atoms with E-state index in [2.05, 4.69) is 50.2 Å². The topological polar surface area (TPSA) is 35.0 Å². The van der Waals surface area contributed by atoms with E-state index in [1.54, 1.807) is 0 Å². The summed E-state index contributed by atoms with van der Waals surface area (Å²) in [5.41, 5.74) is 6.91. The summed E-state index contributed by atoms with van der Waals surface area (Å²) in [6.07, 6.45) is 7.56. The Morgan fingerprint density at radius 1 is 0.656 bits per heavy atom. The van der Waals surface area contributed by atoms with Gasteiger partial charge in [0.15, 0.2) is 0 Å². The van der Waals surface area contributed by atoms with Crippen LogP contribution in [0.5, 0.6) is 5.75 Å². The second kappa shape index (κ2) is 10.9. The number of ether oxygens (including phenoxy) is 1. The number of rotatable bonds is 10. The van der Waals surface area contributed by atoms with Gasteiger partial charge >= 0.3 is 0 Å². The first-order valence-electron chi connectivity index (χ1n) is 11.8. The minimum Gasteiger partial charge on any atom is -0.494 e. The van der Waals surface area contributed by atoms with E-state index in [0.717, 1.165) is 52.3 Å². The highest BCUT2D eigenvalue weighted by Gasteiger charge is 2.14. The van der Waals surface area contributed by atoms with E-state index >= 15 is 0 Å². The number of nitrogens with zero attached hydrogens (tertiary/aromatic N) is 2. The number of fused-ring (bicyclic) bond motifs is 1. The molecule has 0 aliphatic heterocycles. The molecular formula is C29H32N2O. The molecule has 3 nitrogen and oxygen atoms in total. The summed E-state index contributed by atoms with van der Waals surface area (Å²) in [7, 11) is 0. The summed E-state index contributed by atoms with van der Waals surface area (Å²) in [6, 6.07) is 24.8. The fraction of sp³-hybridized carbons (Fsp3) is 0.310. The summed E-state index contributed by atoms with van der Waals surface area (Å²) >= 11 is 0. The van der Waals surface area contributed by atoms with E-state index in [0.29, 0.717) is 0 Å². The molecule has 0 N–H and O–H groups in total. The monoisotopic (exact) mass is 424 g/mol. The third kappa shape index (κ3) is 5.53. The Balaban J connectivity index is 1.60. The van der Waals surface area contributed by atoms with Gasteiger partial charge in [0, 0.05) is 11.1 Å². The van der Waals surface area contributed by atoms with E-state index in [9.17, 15) is 0 Å². The van der Waals surface area contributed by atoms with Crippen molar-refractivity contribution in [2.75, 3.05) is 6.61 Å². The van der Waals surface area contributed by atoms with Gasteiger partial charge in [-0.25, -0.2) is 9.97 Å². The van der Waals surface area contributed by atoms with Gasteiger partial charge in [0.05, 0.1) is 29.0 Å². The predicted octanol–water partition coefficient (Wildman–Crippen LogP) is 8.01. The van der Waals surface area contributed by atoms with E-state index in [4.69, 9.17) is 14.7 Å². The Bertz CT molecular complexity index is 1170. The van der Waals surface area contributed by atoms with Gasteiger partial charge in [0.2, 0.25) is 0 Å². The molecule has 0 spiro atoms. The van der Waals surface area contributed by atoms with Gasteiger partial charge in [-0.1, -0.05) is 87.1 Å². The Morgan fingerprint density at radius 3 is 1.97 bits per heavy atom. The Morgan fingerprint density at radius 2 is 1.28 bits per heavy atom. The van der Waals surface area contributed by atoms with Gasteiger partial charge in [-0.2, -0.15) is 0 Å². The van der Waals surface area contributed by atoms with Gasteiger partial charge in [-0.05, 0) is 43.7 Å². The Labute approximate surface area is 191 Å². The van der Waals surface area contributed by atoms with Gasteiger partial charge in [0.1, 0.15) is 5.75 Å². The molecular weight excluding hydrogens is 392 g/mol.